The van der Waals surface area contributed by atoms with E-state index in [4.69, 9.17) is 17.3 Å². The van der Waals surface area contributed by atoms with Crippen LogP contribution in [-0.2, 0) is 19.6 Å². The highest BCUT2D eigenvalue weighted by Crippen LogP contribution is 2.20. The van der Waals surface area contributed by atoms with Crippen molar-refractivity contribution in [3.63, 3.8) is 0 Å². The number of nitrogens with two attached hydrogens (primary N) is 1. The van der Waals surface area contributed by atoms with Crippen molar-refractivity contribution in [3.05, 3.63) is 70.0 Å². The van der Waals surface area contributed by atoms with Crippen LogP contribution in [0.5, 0.6) is 0 Å². The minimum atomic E-state index is -0.177. The number of benzene rings is 2. The third-order valence-corrected chi connectivity index (χ3v) is 3.54. The van der Waals surface area contributed by atoms with Crippen molar-refractivity contribution in [2.45, 2.75) is 19.6 Å². The van der Waals surface area contributed by atoms with E-state index < -0.39 is 0 Å². The van der Waals surface area contributed by atoms with Gasteiger partial charge in [0.05, 0.1) is 0 Å². The Hall–Kier alpha value is -1.42. The molecule has 0 aliphatic heterocycles. The van der Waals surface area contributed by atoms with E-state index >= 15 is 0 Å². The summed E-state index contributed by atoms with van der Waals surface area (Å²) < 4.78 is 13.6. The lowest BCUT2D eigenvalue weighted by atomic mass is 10.1. The SMILES string of the molecule is CN(Cc1ccccc1F)Cc1ccc(CN)cc1Cl. The molecule has 0 unspecified atom stereocenters. The van der Waals surface area contributed by atoms with Crippen molar-refractivity contribution in [3.8, 4) is 0 Å². The van der Waals surface area contributed by atoms with Crippen molar-refractivity contribution in [2.75, 3.05) is 7.05 Å². The smallest absolute Gasteiger partial charge is 0.127 e. The summed E-state index contributed by atoms with van der Waals surface area (Å²) in [7, 11) is 1.94. The molecule has 4 heteroatoms. The van der Waals surface area contributed by atoms with Gasteiger partial charge >= 0.3 is 0 Å². The molecule has 2 aromatic rings. The number of halogens is 2. The van der Waals surface area contributed by atoms with E-state index in [2.05, 4.69) is 0 Å². The molecule has 2 N–H and O–H groups in total. The van der Waals surface area contributed by atoms with Gasteiger partial charge in [0.2, 0.25) is 0 Å². The van der Waals surface area contributed by atoms with E-state index in [0.29, 0.717) is 30.2 Å². The van der Waals surface area contributed by atoms with E-state index in [1.165, 1.54) is 6.07 Å². The van der Waals surface area contributed by atoms with Crippen LogP contribution in [0.4, 0.5) is 4.39 Å². The van der Waals surface area contributed by atoms with E-state index in [0.717, 1.165) is 11.1 Å². The summed E-state index contributed by atoms with van der Waals surface area (Å²) in [5, 5.41) is 0.702. The largest absolute Gasteiger partial charge is 0.326 e. The van der Waals surface area contributed by atoms with Crippen LogP contribution < -0.4 is 5.73 Å². The summed E-state index contributed by atoms with van der Waals surface area (Å²) in [5.74, 6) is -0.177. The Bertz CT molecular complexity index is 586. The lowest BCUT2D eigenvalue weighted by Crippen LogP contribution is -2.18. The van der Waals surface area contributed by atoms with Gasteiger partial charge in [-0.3, -0.25) is 4.90 Å². The van der Waals surface area contributed by atoms with Crippen LogP contribution in [0.1, 0.15) is 16.7 Å². The summed E-state index contributed by atoms with van der Waals surface area (Å²) in [6.45, 7) is 1.69. The first kappa shape index (κ1) is 15.0. The van der Waals surface area contributed by atoms with Gasteiger partial charge in [-0.05, 0) is 30.3 Å². The number of rotatable bonds is 5. The number of hydrogen-bond donors (Lipinski definition) is 1. The summed E-state index contributed by atoms with van der Waals surface area (Å²) in [4.78, 5) is 2.03. The van der Waals surface area contributed by atoms with Crippen LogP contribution in [0.15, 0.2) is 42.5 Å². The molecular formula is C16H18ClFN2. The van der Waals surface area contributed by atoms with Crippen molar-refractivity contribution >= 4 is 11.6 Å². The Morgan fingerprint density at radius 2 is 1.80 bits per heavy atom. The Morgan fingerprint density at radius 1 is 1.10 bits per heavy atom. The van der Waals surface area contributed by atoms with E-state index in [1.807, 2.05) is 36.2 Å². The van der Waals surface area contributed by atoms with Gasteiger partial charge in [-0.2, -0.15) is 0 Å². The average Bonchev–Trinajstić information content (AvgIpc) is 2.43. The zero-order chi connectivity index (χ0) is 14.5. The first-order valence-electron chi connectivity index (χ1n) is 6.49. The van der Waals surface area contributed by atoms with Crippen molar-refractivity contribution in [1.82, 2.24) is 4.90 Å². The molecule has 0 aliphatic carbocycles. The topological polar surface area (TPSA) is 29.3 Å². The summed E-state index contributed by atoms with van der Waals surface area (Å²) in [6, 6.07) is 12.6. The molecule has 2 rings (SSSR count). The molecule has 0 heterocycles. The second-order valence-electron chi connectivity index (χ2n) is 4.89. The Balaban J connectivity index is 2.05. The van der Waals surface area contributed by atoms with Gasteiger partial charge in [0, 0.05) is 30.2 Å². The third-order valence-electron chi connectivity index (χ3n) is 3.19. The molecule has 106 valence electrons. The number of nitrogens with zero attached hydrogens (tertiary/aromatic N) is 1. The second kappa shape index (κ2) is 6.84. The molecule has 0 spiro atoms. The van der Waals surface area contributed by atoms with Crippen LogP contribution in [0, 0.1) is 5.82 Å². The van der Waals surface area contributed by atoms with Crippen LogP contribution in [0.2, 0.25) is 5.02 Å². The fraction of sp³-hybridized carbons (Fsp3) is 0.250. The molecule has 0 aliphatic rings. The Labute approximate surface area is 124 Å². The molecule has 2 nitrogen and oxygen atoms in total. The van der Waals surface area contributed by atoms with E-state index in [9.17, 15) is 4.39 Å². The molecule has 0 radical (unpaired) electrons. The van der Waals surface area contributed by atoms with E-state index in [1.54, 1.807) is 12.1 Å². The first-order chi connectivity index (χ1) is 9.60. The van der Waals surface area contributed by atoms with Gasteiger partial charge in [-0.15, -0.1) is 0 Å². The Morgan fingerprint density at radius 3 is 2.45 bits per heavy atom. The molecule has 0 fully saturated rings. The highest BCUT2D eigenvalue weighted by Gasteiger charge is 2.08. The van der Waals surface area contributed by atoms with Gasteiger partial charge < -0.3 is 5.73 Å². The van der Waals surface area contributed by atoms with Gasteiger partial charge in [-0.1, -0.05) is 41.9 Å². The third kappa shape index (κ3) is 3.79. The summed E-state index contributed by atoms with van der Waals surface area (Å²) >= 11 is 6.23. The fourth-order valence-corrected chi connectivity index (χ4v) is 2.37. The van der Waals surface area contributed by atoms with Crippen molar-refractivity contribution in [2.24, 2.45) is 5.73 Å². The second-order valence-corrected chi connectivity index (χ2v) is 5.30. The zero-order valence-corrected chi connectivity index (χ0v) is 12.2. The minimum Gasteiger partial charge on any atom is -0.326 e. The predicted octanol–water partition coefficient (Wildman–Crippen LogP) is 3.57. The molecule has 0 bridgehead atoms. The maximum absolute atomic E-state index is 13.6. The lowest BCUT2D eigenvalue weighted by molar-refractivity contribution is 0.313. The minimum absolute atomic E-state index is 0.177. The van der Waals surface area contributed by atoms with Gasteiger partial charge in [0.1, 0.15) is 5.82 Å². The van der Waals surface area contributed by atoms with Gasteiger partial charge in [-0.25, -0.2) is 4.39 Å². The monoisotopic (exact) mass is 292 g/mol. The lowest BCUT2D eigenvalue weighted by Gasteiger charge is -2.18. The Kier molecular flexibility index (Phi) is 5.12. The molecule has 20 heavy (non-hydrogen) atoms. The van der Waals surface area contributed by atoms with E-state index in [-0.39, 0.29) is 5.82 Å². The normalized spacial score (nSPS) is 11.1. The molecule has 0 aromatic heterocycles. The standard InChI is InChI=1S/C16H18ClFN2/c1-20(11-14-4-2-3-5-16(14)18)10-13-7-6-12(9-19)8-15(13)17/h2-8H,9-11,19H2,1H3. The van der Waals surface area contributed by atoms with Crippen LogP contribution in [-0.4, -0.2) is 11.9 Å². The fourth-order valence-electron chi connectivity index (χ4n) is 2.11. The van der Waals surface area contributed by atoms with Gasteiger partial charge in [0.25, 0.3) is 0 Å². The van der Waals surface area contributed by atoms with Crippen molar-refractivity contribution < 1.29 is 4.39 Å². The summed E-state index contributed by atoms with van der Waals surface area (Å²) in [6.07, 6.45) is 0. The van der Waals surface area contributed by atoms with Crippen LogP contribution in [0.3, 0.4) is 0 Å². The average molecular weight is 293 g/mol. The van der Waals surface area contributed by atoms with Crippen molar-refractivity contribution in [1.29, 1.82) is 0 Å². The molecule has 0 saturated heterocycles. The molecular weight excluding hydrogens is 275 g/mol. The van der Waals surface area contributed by atoms with Crippen LogP contribution >= 0.6 is 11.6 Å². The molecule has 2 aromatic carbocycles. The predicted molar refractivity (Wildman–Crippen MR) is 80.9 cm³/mol. The maximum atomic E-state index is 13.6. The van der Waals surface area contributed by atoms with Crippen LogP contribution in [0.25, 0.3) is 0 Å². The van der Waals surface area contributed by atoms with Gasteiger partial charge in [0.15, 0.2) is 0 Å². The molecule has 0 atom stereocenters. The molecule has 0 saturated carbocycles. The summed E-state index contributed by atoms with van der Waals surface area (Å²) in [5.41, 5.74) is 8.29. The maximum Gasteiger partial charge on any atom is 0.127 e. The quantitative estimate of drug-likeness (QED) is 0.913. The number of hydrogen-bond acceptors (Lipinski definition) is 2. The molecule has 0 amide bonds. The first-order valence-corrected chi connectivity index (χ1v) is 6.87. The highest BCUT2D eigenvalue weighted by molar-refractivity contribution is 6.31. The highest BCUT2D eigenvalue weighted by atomic mass is 35.5. The zero-order valence-electron chi connectivity index (χ0n) is 11.4.